The molecule has 5 nitrogen and oxygen atoms in total. The van der Waals surface area contributed by atoms with E-state index in [-0.39, 0.29) is 0 Å². The minimum Gasteiger partial charge on any atom is -0.306 e. The predicted octanol–water partition coefficient (Wildman–Crippen LogP) is 2.02. The summed E-state index contributed by atoms with van der Waals surface area (Å²) in [6.07, 6.45) is 0. The molecule has 17 heavy (non-hydrogen) atoms. The van der Waals surface area contributed by atoms with E-state index in [1.165, 1.54) is 11.8 Å². The Hall–Kier alpha value is -1.87. The van der Waals surface area contributed by atoms with Crippen LogP contribution in [0.4, 0.5) is 0 Å². The zero-order valence-electron chi connectivity index (χ0n) is 9.58. The lowest BCUT2D eigenvalue weighted by molar-refractivity contribution is 0.661. The van der Waals surface area contributed by atoms with Crippen LogP contribution in [0.15, 0.2) is 28.4 Å². The van der Waals surface area contributed by atoms with Crippen LogP contribution in [0.25, 0.3) is 0 Å². The molecule has 0 aromatic carbocycles. The van der Waals surface area contributed by atoms with Gasteiger partial charge in [-0.15, -0.1) is 10.2 Å². The van der Waals surface area contributed by atoms with E-state index in [2.05, 4.69) is 15.2 Å². The highest BCUT2D eigenvalue weighted by Crippen LogP contribution is 2.24. The number of hydrogen-bond acceptors (Lipinski definition) is 5. The number of aryl methyl sites for hydroxylation is 1. The van der Waals surface area contributed by atoms with Gasteiger partial charge in [0.1, 0.15) is 22.6 Å². The van der Waals surface area contributed by atoms with E-state index in [1.54, 1.807) is 6.07 Å². The average molecular weight is 245 g/mol. The van der Waals surface area contributed by atoms with Gasteiger partial charge in [0, 0.05) is 6.54 Å². The molecule has 0 amide bonds. The fourth-order valence-corrected chi connectivity index (χ4v) is 2.36. The fourth-order valence-electron chi connectivity index (χ4n) is 1.43. The molecule has 2 aromatic heterocycles. The second-order valence-electron chi connectivity index (χ2n) is 3.35. The van der Waals surface area contributed by atoms with Crippen molar-refractivity contribution in [1.82, 2.24) is 19.7 Å². The van der Waals surface area contributed by atoms with Gasteiger partial charge in [-0.25, -0.2) is 4.98 Å². The molecule has 0 unspecified atom stereocenters. The molecule has 2 rings (SSSR count). The summed E-state index contributed by atoms with van der Waals surface area (Å²) in [7, 11) is 0. The molecule has 0 radical (unpaired) electrons. The number of pyridine rings is 1. The van der Waals surface area contributed by atoms with Crippen LogP contribution in [0, 0.1) is 18.3 Å². The van der Waals surface area contributed by atoms with Gasteiger partial charge in [0.15, 0.2) is 5.16 Å². The van der Waals surface area contributed by atoms with Gasteiger partial charge in [-0.2, -0.15) is 5.26 Å². The van der Waals surface area contributed by atoms with E-state index in [0.29, 0.717) is 5.69 Å². The van der Waals surface area contributed by atoms with Gasteiger partial charge in [-0.1, -0.05) is 6.07 Å². The SMILES string of the molecule is CCn1c(C)nnc1Sc1cccc(C#N)n1. The molecule has 0 aliphatic carbocycles. The van der Waals surface area contributed by atoms with Crippen LogP contribution in [0.5, 0.6) is 0 Å². The molecule has 0 bridgehead atoms. The van der Waals surface area contributed by atoms with Crippen molar-refractivity contribution in [3.63, 3.8) is 0 Å². The average Bonchev–Trinajstić information content (AvgIpc) is 2.70. The van der Waals surface area contributed by atoms with Gasteiger partial charge in [0.2, 0.25) is 0 Å². The number of nitrogens with zero attached hydrogens (tertiary/aromatic N) is 5. The first-order valence-electron chi connectivity index (χ1n) is 5.19. The summed E-state index contributed by atoms with van der Waals surface area (Å²) in [4.78, 5) is 4.19. The lowest BCUT2D eigenvalue weighted by Gasteiger charge is -2.03. The van der Waals surface area contributed by atoms with Crippen molar-refractivity contribution in [3.05, 3.63) is 29.7 Å². The molecule has 6 heteroatoms. The lowest BCUT2D eigenvalue weighted by atomic mass is 10.4. The molecule has 0 fully saturated rings. The largest absolute Gasteiger partial charge is 0.306 e. The quantitative estimate of drug-likeness (QED) is 0.827. The Balaban J connectivity index is 2.28. The fraction of sp³-hybridized carbons (Fsp3) is 0.273. The summed E-state index contributed by atoms with van der Waals surface area (Å²) in [5.74, 6) is 0.881. The van der Waals surface area contributed by atoms with E-state index in [4.69, 9.17) is 5.26 Å². The summed E-state index contributed by atoms with van der Waals surface area (Å²) in [5.41, 5.74) is 0.411. The zero-order valence-corrected chi connectivity index (χ0v) is 10.4. The van der Waals surface area contributed by atoms with Gasteiger partial charge in [-0.3, -0.25) is 0 Å². The van der Waals surface area contributed by atoms with E-state index in [0.717, 1.165) is 22.6 Å². The molecular formula is C11H11N5S. The highest BCUT2D eigenvalue weighted by Gasteiger charge is 2.09. The second kappa shape index (κ2) is 4.97. The summed E-state index contributed by atoms with van der Waals surface area (Å²) < 4.78 is 2.01. The zero-order chi connectivity index (χ0) is 12.3. The molecule has 0 atom stereocenters. The van der Waals surface area contributed by atoms with Crippen molar-refractivity contribution >= 4 is 11.8 Å². The van der Waals surface area contributed by atoms with Gasteiger partial charge in [0.05, 0.1) is 0 Å². The van der Waals surface area contributed by atoms with Gasteiger partial charge < -0.3 is 4.57 Å². The van der Waals surface area contributed by atoms with Crippen LogP contribution in [-0.4, -0.2) is 19.7 Å². The van der Waals surface area contributed by atoms with Crippen molar-refractivity contribution in [1.29, 1.82) is 5.26 Å². The van der Waals surface area contributed by atoms with E-state index in [1.807, 2.05) is 36.6 Å². The Bertz CT molecular complexity index is 569. The standard InChI is InChI=1S/C11H11N5S/c1-3-16-8(2)14-15-11(16)17-10-6-4-5-9(7-12)13-10/h4-6H,3H2,1-2H3. The summed E-state index contributed by atoms with van der Waals surface area (Å²) >= 11 is 1.42. The maximum absolute atomic E-state index is 8.78. The molecule has 0 saturated heterocycles. The van der Waals surface area contributed by atoms with Crippen molar-refractivity contribution in [3.8, 4) is 6.07 Å². The Labute approximate surface area is 104 Å². The topological polar surface area (TPSA) is 67.4 Å². The van der Waals surface area contributed by atoms with Crippen LogP contribution < -0.4 is 0 Å². The van der Waals surface area contributed by atoms with E-state index < -0.39 is 0 Å². The number of hydrogen-bond donors (Lipinski definition) is 0. The molecule has 0 aliphatic heterocycles. The summed E-state index contributed by atoms with van der Waals surface area (Å²) in [5, 5.41) is 18.4. The van der Waals surface area contributed by atoms with E-state index >= 15 is 0 Å². The Morgan fingerprint density at radius 3 is 2.94 bits per heavy atom. The minimum absolute atomic E-state index is 0.411. The lowest BCUT2D eigenvalue weighted by Crippen LogP contribution is -1.99. The molecule has 2 heterocycles. The minimum atomic E-state index is 0.411. The second-order valence-corrected chi connectivity index (χ2v) is 4.34. The molecule has 86 valence electrons. The van der Waals surface area contributed by atoms with Crippen molar-refractivity contribution < 1.29 is 0 Å². The van der Waals surface area contributed by atoms with Gasteiger partial charge in [-0.05, 0) is 37.7 Å². The molecule has 0 aliphatic rings. The smallest absolute Gasteiger partial charge is 0.197 e. The molecule has 0 N–H and O–H groups in total. The Morgan fingerprint density at radius 2 is 2.24 bits per heavy atom. The maximum Gasteiger partial charge on any atom is 0.197 e. The summed E-state index contributed by atoms with van der Waals surface area (Å²) in [6, 6.07) is 7.37. The maximum atomic E-state index is 8.78. The third kappa shape index (κ3) is 2.45. The van der Waals surface area contributed by atoms with Crippen LogP contribution in [0.2, 0.25) is 0 Å². The van der Waals surface area contributed by atoms with E-state index in [9.17, 15) is 0 Å². The third-order valence-electron chi connectivity index (χ3n) is 2.25. The molecular weight excluding hydrogens is 234 g/mol. The first kappa shape index (κ1) is 11.6. The highest BCUT2D eigenvalue weighted by molar-refractivity contribution is 7.99. The van der Waals surface area contributed by atoms with Gasteiger partial charge in [0.25, 0.3) is 0 Å². The first-order chi connectivity index (χ1) is 8.24. The van der Waals surface area contributed by atoms with Crippen molar-refractivity contribution in [2.45, 2.75) is 30.6 Å². The van der Waals surface area contributed by atoms with Crippen LogP contribution in [-0.2, 0) is 6.54 Å². The molecule has 0 spiro atoms. The number of aromatic nitrogens is 4. The molecule has 0 saturated carbocycles. The summed E-state index contributed by atoms with van der Waals surface area (Å²) in [6.45, 7) is 4.78. The van der Waals surface area contributed by atoms with Crippen LogP contribution in [0.1, 0.15) is 18.4 Å². The Kier molecular flexibility index (Phi) is 3.40. The number of nitriles is 1. The predicted molar refractivity (Wildman–Crippen MR) is 63.5 cm³/mol. The van der Waals surface area contributed by atoms with Crippen molar-refractivity contribution in [2.75, 3.05) is 0 Å². The third-order valence-corrected chi connectivity index (χ3v) is 3.17. The highest BCUT2D eigenvalue weighted by atomic mass is 32.2. The van der Waals surface area contributed by atoms with Crippen LogP contribution in [0.3, 0.4) is 0 Å². The number of rotatable bonds is 3. The monoisotopic (exact) mass is 245 g/mol. The van der Waals surface area contributed by atoms with Crippen molar-refractivity contribution in [2.24, 2.45) is 0 Å². The van der Waals surface area contributed by atoms with Gasteiger partial charge >= 0.3 is 0 Å². The Morgan fingerprint density at radius 1 is 1.41 bits per heavy atom. The van der Waals surface area contributed by atoms with Crippen LogP contribution >= 0.6 is 11.8 Å². The first-order valence-corrected chi connectivity index (χ1v) is 6.01. The normalized spacial score (nSPS) is 10.2. The molecule has 2 aromatic rings.